The van der Waals surface area contributed by atoms with Crippen molar-refractivity contribution in [1.82, 2.24) is 9.62 Å². The highest BCUT2D eigenvalue weighted by Gasteiger charge is 2.28. The van der Waals surface area contributed by atoms with Crippen LogP contribution in [-0.4, -0.2) is 57.7 Å². The minimum atomic E-state index is -3.15. The molecular formula is C19H28N2O5S. The first kappa shape index (κ1) is 19.9. The second-order valence-electron chi connectivity index (χ2n) is 7.16. The summed E-state index contributed by atoms with van der Waals surface area (Å²) in [5.74, 6) is 1.58. The van der Waals surface area contributed by atoms with Crippen LogP contribution in [0.1, 0.15) is 31.2 Å². The summed E-state index contributed by atoms with van der Waals surface area (Å²) in [4.78, 5) is 12.2. The number of hydrogen-bond donors (Lipinski definition) is 1. The Balaban J connectivity index is 1.33. The van der Waals surface area contributed by atoms with Crippen molar-refractivity contribution >= 4 is 15.9 Å². The van der Waals surface area contributed by atoms with Crippen molar-refractivity contribution in [3.05, 3.63) is 23.8 Å². The Labute approximate surface area is 161 Å². The van der Waals surface area contributed by atoms with Crippen LogP contribution in [0, 0.1) is 5.92 Å². The average Bonchev–Trinajstić information content (AvgIpc) is 2.67. The molecule has 0 bridgehead atoms. The van der Waals surface area contributed by atoms with Crippen molar-refractivity contribution in [2.45, 2.75) is 32.1 Å². The molecule has 0 aromatic heterocycles. The van der Waals surface area contributed by atoms with Crippen LogP contribution in [0.2, 0.25) is 0 Å². The zero-order valence-electron chi connectivity index (χ0n) is 15.8. The third kappa shape index (κ3) is 5.59. The third-order valence-corrected chi connectivity index (χ3v) is 6.39. The molecule has 0 atom stereocenters. The van der Waals surface area contributed by atoms with Crippen molar-refractivity contribution < 1.29 is 22.7 Å². The van der Waals surface area contributed by atoms with Crippen molar-refractivity contribution in [2.24, 2.45) is 5.92 Å². The molecule has 0 aliphatic carbocycles. The molecule has 0 unspecified atom stereocenters. The lowest BCUT2D eigenvalue weighted by Crippen LogP contribution is -2.42. The van der Waals surface area contributed by atoms with Gasteiger partial charge in [0.25, 0.3) is 0 Å². The van der Waals surface area contributed by atoms with E-state index in [9.17, 15) is 13.2 Å². The fourth-order valence-corrected chi connectivity index (χ4v) is 4.38. The third-order valence-electron chi connectivity index (χ3n) is 5.09. The van der Waals surface area contributed by atoms with E-state index in [-0.39, 0.29) is 11.8 Å². The van der Waals surface area contributed by atoms with Crippen LogP contribution >= 0.6 is 0 Å². The number of aryl methyl sites for hydroxylation is 1. The van der Waals surface area contributed by atoms with Crippen molar-refractivity contribution in [3.63, 3.8) is 0 Å². The molecule has 27 heavy (non-hydrogen) atoms. The molecule has 2 heterocycles. The number of unbranched alkanes of at least 4 members (excludes halogenated alkanes) is 1. The molecule has 1 saturated heterocycles. The summed E-state index contributed by atoms with van der Waals surface area (Å²) in [7, 11) is -3.15. The highest BCUT2D eigenvalue weighted by Crippen LogP contribution is 2.31. The van der Waals surface area contributed by atoms with Crippen LogP contribution < -0.4 is 14.8 Å². The number of fused-ring (bicyclic) bond motifs is 1. The largest absolute Gasteiger partial charge is 0.486 e. The molecule has 8 heteroatoms. The number of carbonyl (C=O) groups excluding carboxylic acids is 1. The SMILES string of the molecule is CS(=O)(=O)N1CCC(C(=O)NCCCCc2ccc3c(c2)OCCO3)CC1. The zero-order valence-corrected chi connectivity index (χ0v) is 16.6. The number of nitrogens with zero attached hydrogens (tertiary/aromatic N) is 1. The lowest BCUT2D eigenvalue weighted by atomic mass is 9.97. The predicted octanol–water partition coefficient (Wildman–Crippen LogP) is 1.57. The highest BCUT2D eigenvalue weighted by molar-refractivity contribution is 7.88. The van der Waals surface area contributed by atoms with Crippen molar-refractivity contribution in [3.8, 4) is 11.5 Å². The van der Waals surface area contributed by atoms with Gasteiger partial charge in [0.05, 0.1) is 6.26 Å². The van der Waals surface area contributed by atoms with Gasteiger partial charge in [-0.3, -0.25) is 4.79 Å². The van der Waals surface area contributed by atoms with Gasteiger partial charge in [0.2, 0.25) is 15.9 Å². The summed E-state index contributed by atoms with van der Waals surface area (Å²) in [6.45, 7) is 2.70. The molecule has 0 radical (unpaired) electrons. The standard InChI is InChI=1S/C19H28N2O5S/c1-27(23,24)21-10-7-16(8-11-21)19(22)20-9-3-2-4-15-5-6-17-18(14-15)26-13-12-25-17/h5-6,14,16H,2-4,7-13H2,1H3,(H,20,22). The van der Waals surface area contributed by atoms with E-state index in [2.05, 4.69) is 11.4 Å². The Morgan fingerprint density at radius 2 is 1.85 bits per heavy atom. The Morgan fingerprint density at radius 1 is 1.15 bits per heavy atom. The van der Waals surface area contributed by atoms with E-state index in [0.717, 1.165) is 30.8 Å². The van der Waals surface area contributed by atoms with Gasteiger partial charge in [-0.05, 0) is 49.8 Å². The fraction of sp³-hybridized carbons (Fsp3) is 0.632. The summed E-state index contributed by atoms with van der Waals surface area (Å²) >= 11 is 0. The molecule has 3 rings (SSSR count). The average molecular weight is 397 g/mol. The normalized spacial score (nSPS) is 18.3. The van der Waals surface area contributed by atoms with Gasteiger partial charge in [-0.15, -0.1) is 0 Å². The van der Waals surface area contributed by atoms with Crippen LogP contribution in [0.3, 0.4) is 0 Å². The maximum absolute atomic E-state index is 12.2. The molecule has 1 amide bonds. The van der Waals surface area contributed by atoms with Gasteiger partial charge < -0.3 is 14.8 Å². The summed E-state index contributed by atoms with van der Waals surface area (Å²) in [6, 6.07) is 6.04. The van der Waals surface area contributed by atoms with Gasteiger partial charge >= 0.3 is 0 Å². The molecule has 7 nitrogen and oxygen atoms in total. The van der Waals surface area contributed by atoms with Crippen LogP contribution in [-0.2, 0) is 21.2 Å². The number of benzene rings is 1. The zero-order chi connectivity index (χ0) is 19.3. The van der Waals surface area contributed by atoms with E-state index < -0.39 is 10.0 Å². The molecule has 1 N–H and O–H groups in total. The number of ether oxygens (including phenoxy) is 2. The van der Waals surface area contributed by atoms with E-state index in [1.807, 2.05) is 12.1 Å². The van der Waals surface area contributed by atoms with E-state index in [0.29, 0.717) is 45.7 Å². The first-order valence-corrected chi connectivity index (χ1v) is 11.4. The van der Waals surface area contributed by atoms with Crippen LogP contribution in [0.15, 0.2) is 18.2 Å². The van der Waals surface area contributed by atoms with Gasteiger partial charge in [-0.2, -0.15) is 0 Å². The maximum Gasteiger partial charge on any atom is 0.223 e. The number of nitrogens with one attached hydrogen (secondary N) is 1. The summed E-state index contributed by atoms with van der Waals surface area (Å²) < 4.78 is 35.6. The number of carbonyl (C=O) groups is 1. The van der Waals surface area contributed by atoms with Crippen LogP contribution in [0.25, 0.3) is 0 Å². The molecule has 2 aliphatic rings. The molecule has 0 saturated carbocycles. The van der Waals surface area contributed by atoms with Gasteiger partial charge in [0.1, 0.15) is 13.2 Å². The number of piperidine rings is 1. The molecule has 1 aromatic carbocycles. The van der Waals surface area contributed by atoms with E-state index in [1.54, 1.807) is 0 Å². The second-order valence-corrected chi connectivity index (χ2v) is 9.14. The van der Waals surface area contributed by atoms with E-state index >= 15 is 0 Å². The molecule has 2 aliphatic heterocycles. The van der Waals surface area contributed by atoms with Crippen molar-refractivity contribution in [1.29, 1.82) is 0 Å². The first-order valence-electron chi connectivity index (χ1n) is 9.55. The lowest BCUT2D eigenvalue weighted by molar-refractivity contribution is -0.126. The fourth-order valence-electron chi connectivity index (χ4n) is 3.50. The molecule has 150 valence electrons. The number of rotatable bonds is 7. The van der Waals surface area contributed by atoms with Gasteiger partial charge in [0.15, 0.2) is 11.5 Å². The van der Waals surface area contributed by atoms with E-state index in [4.69, 9.17) is 9.47 Å². The molecule has 1 aromatic rings. The second kappa shape index (κ2) is 8.93. The number of sulfonamides is 1. The number of amides is 1. The van der Waals surface area contributed by atoms with E-state index in [1.165, 1.54) is 16.1 Å². The summed E-state index contributed by atoms with van der Waals surface area (Å²) in [5, 5.41) is 2.99. The topological polar surface area (TPSA) is 84.9 Å². The Kier molecular flexibility index (Phi) is 6.59. The molecule has 1 fully saturated rings. The monoisotopic (exact) mass is 396 g/mol. The summed E-state index contributed by atoms with van der Waals surface area (Å²) in [5.41, 5.74) is 1.21. The van der Waals surface area contributed by atoms with Gasteiger partial charge in [-0.1, -0.05) is 6.07 Å². The van der Waals surface area contributed by atoms with Gasteiger partial charge in [-0.25, -0.2) is 12.7 Å². The number of hydrogen-bond acceptors (Lipinski definition) is 5. The summed E-state index contributed by atoms with van der Waals surface area (Å²) in [6.07, 6.45) is 5.22. The van der Waals surface area contributed by atoms with Crippen LogP contribution in [0.4, 0.5) is 0 Å². The van der Waals surface area contributed by atoms with Gasteiger partial charge in [0, 0.05) is 25.6 Å². The predicted molar refractivity (Wildman–Crippen MR) is 103 cm³/mol. The quantitative estimate of drug-likeness (QED) is 0.707. The lowest BCUT2D eigenvalue weighted by Gasteiger charge is -2.29. The highest BCUT2D eigenvalue weighted by atomic mass is 32.2. The molecular weight excluding hydrogens is 368 g/mol. The maximum atomic E-state index is 12.2. The Hall–Kier alpha value is -1.80. The minimum absolute atomic E-state index is 0.0440. The van der Waals surface area contributed by atoms with Crippen molar-refractivity contribution in [2.75, 3.05) is 39.1 Å². The Bertz CT molecular complexity index is 757. The van der Waals surface area contributed by atoms with Crippen LogP contribution in [0.5, 0.6) is 11.5 Å². The minimum Gasteiger partial charge on any atom is -0.486 e. The smallest absolute Gasteiger partial charge is 0.223 e. The first-order chi connectivity index (χ1) is 12.9. The molecule has 0 spiro atoms. The Morgan fingerprint density at radius 3 is 2.56 bits per heavy atom.